The molecule has 3 rings (SSSR count). The number of rotatable bonds is 8. The van der Waals surface area contributed by atoms with Crippen LogP contribution in [0.1, 0.15) is 59.8 Å². The Bertz CT molecular complexity index is 538. The Morgan fingerprint density at radius 3 is 2.46 bits per heavy atom. The lowest BCUT2D eigenvalue weighted by molar-refractivity contribution is -0.144. The fourth-order valence-corrected chi connectivity index (χ4v) is 3.63. The first-order valence-corrected chi connectivity index (χ1v) is 8.94. The van der Waals surface area contributed by atoms with Crippen molar-refractivity contribution in [2.45, 2.75) is 59.8 Å². The number of hydrogen-bond acceptors (Lipinski definition) is 4. The molecule has 3 aliphatic carbocycles. The fourth-order valence-electron chi connectivity index (χ4n) is 3.63. The van der Waals surface area contributed by atoms with Gasteiger partial charge in [0.2, 0.25) is 0 Å². The van der Waals surface area contributed by atoms with Crippen LogP contribution in [-0.2, 0) is 19.1 Å². The van der Waals surface area contributed by atoms with Crippen molar-refractivity contribution in [3.8, 4) is 0 Å². The summed E-state index contributed by atoms with van der Waals surface area (Å²) >= 11 is 0. The zero-order valence-corrected chi connectivity index (χ0v) is 15.4. The first kappa shape index (κ1) is 18.8. The Balaban J connectivity index is 1.60. The molecule has 0 aromatic rings. The van der Waals surface area contributed by atoms with Crippen LogP contribution in [0.2, 0.25) is 0 Å². The molecule has 0 aliphatic heterocycles. The van der Waals surface area contributed by atoms with Crippen LogP contribution in [0.5, 0.6) is 0 Å². The largest absolute Gasteiger partial charge is 0.461 e. The van der Waals surface area contributed by atoms with E-state index in [1.165, 1.54) is 12.0 Å². The highest BCUT2D eigenvalue weighted by Crippen LogP contribution is 2.59. The van der Waals surface area contributed by atoms with Gasteiger partial charge in [0.1, 0.15) is 13.2 Å². The lowest BCUT2D eigenvalue weighted by Gasteiger charge is -2.56. The van der Waals surface area contributed by atoms with E-state index in [1.54, 1.807) is 0 Å². The molecule has 0 heterocycles. The predicted molar refractivity (Wildman–Crippen MR) is 93.3 cm³/mol. The summed E-state index contributed by atoms with van der Waals surface area (Å²) in [4.78, 5) is 23.4. The van der Waals surface area contributed by atoms with Crippen LogP contribution in [0.15, 0.2) is 23.3 Å². The van der Waals surface area contributed by atoms with Crippen molar-refractivity contribution >= 4 is 11.9 Å². The van der Waals surface area contributed by atoms with E-state index < -0.39 is 0 Å². The molecule has 4 nitrogen and oxygen atoms in total. The van der Waals surface area contributed by atoms with Crippen LogP contribution in [-0.4, -0.2) is 25.2 Å². The number of hydrogen-bond donors (Lipinski definition) is 0. The highest BCUT2D eigenvalue weighted by atomic mass is 16.5. The molecule has 0 aromatic carbocycles. The Morgan fingerprint density at radius 1 is 1.21 bits per heavy atom. The summed E-state index contributed by atoms with van der Waals surface area (Å²) in [5.74, 6) is 0.859. The second kappa shape index (κ2) is 8.00. The summed E-state index contributed by atoms with van der Waals surface area (Å²) in [5, 5.41) is 0. The molecule has 0 aromatic heterocycles. The monoisotopic (exact) mass is 334 g/mol. The number of carbonyl (C=O) groups is 2. The Hall–Kier alpha value is -1.58. The molecule has 2 unspecified atom stereocenters. The third-order valence-corrected chi connectivity index (χ3v) is 5.48. The van der Waals surface area contributed by atoms with E-state index in [2.05, 4.69) is 19.9 Å². The summed E-state index contributed by atoms with van der Waals surface area (Å²) in [6, 6.07) is 0. The van der Waals surface area contributed by atoms with Crippen molar-refractivity contribution in [3.05, 3.63) is 23.3 Å². The normalized spacial score (nSPS) is 23.6. The number of carbonyl (C=O) groups excluding carboxylic acids is 2. The van der Waals surface area contributed by atoms with Gasteiger partial charge in [0, 0.05) is 12.8 Å². The van der Waals surface area contributed by atoms with Gasteiger partial charge in [0.15, 0.2) is 0 Å². The van der Waals surface area contributed by atoms with Crippen LogP contribution in [0.4, 0.5) is 0 Å². The van der Waals surface area contributed by atoms with E-state index in [-0.39, 0.29) is 24.8 Å². The molecule has 4 heteroatoms. The minimum absolute atomic E-state index is 0.229. The number of allylic oxidation sites excluding steroid dienone is 2. The predicted octanol–water partition coefficient (Wildman–Crippen LogP) is 4.20. The molecule has 2 atom stereocenters. The summed E-state index contributed by atoms with van der Waals surface area (Å²) in [6.45, 7) is 9.23. The van der Waals surface area contributed by atoms with Crippen molar-refractivity contribution in [3.63, 3.8) is 0 Å². The Kier molecular flexibility index (Phi) is 6.25. The van der Waals surface area contributed by atoms with Crippen LogP contribution in [0.25, 0.3) is 0 Å². The van der Waals surface area contributed by atoms with Crippen molar-refractivity contribution in [2.75, 3.05) is 13.2 Å². The maximum atomic E-state index is 11.8. The second-order valence-electron chi connectivity index (χ2n) is 7.80. The highest BCUT2D eigenvalue weighted by Gasteiger charge is 2.51. The number of ether oxygens (including phenoxy) is 2. The molecule has 0 N–H and O–H groups in total. The molecule has 0 saturated heterocycles. The molecule has 0 radical (unpaired) electrons. The van der Waals surface area contributed by atoms with Crippen LogP contribution in [0, 0.1) is 17.3 Å². The van der Waals surface area contributed by atoms with E-state index >= 15 is 0 Å². The zero-order chi connectivity index (χ0) is 17.7. The van der Waals surface area contributed by atoms with Gasteiger partial charge in [-0.05, 0) is 62.0 Å². The maximum Gasteiger partial charge on any atom is 0.306 e. The third kappa shape index (κ3) is 4.71. The first-order valence-electron chi connectivity index (χ1n) is 8.94. The highest BCUT2D eigenvalue weighted by molar-refractivity contribution is 5.72. The van der Waals surface area contributed by atoms with E-state index in [4.69, 9.17) is 9.47 Å². The summed E-state index contributed by atoms with van der Waals surface area (Å²) in [5.41, 5.74) is 2.74. The van der Waals surface area contributed by atoms with E-state index in [0.29, 0.717) is 31.0 Å². The average molecular weight is 334 g/mol. The van der Waals surface area contributed by atoms with Gasteiger partial charge in [-0.15, -0.1) is 0 Å². The Morgan fingerprint density at radius 2 is 1.88 bits per heavy atom. The molecule has 1 saturated carbocycles. The minimum atomic E-state index is -0.266. The number of fused-ring (bicyclic) bond motifs is 1. The van der Waals surface area contributed by atoms with E-state index in [1.807, 2.05) is 19.9 Å². The molecule has 2 bridgehead atoms. The number of esters is 2. The van der Waals surface area contributed by atoms with Gasteiger partial charge in [-0.1, -0.05) is 25.5 Å². The third-order valence-electron chi connectivity index (χ3n) is 5.48. The van der Waals surface area contributed by atoms with E-state index in [0.717, 1.165) is 17.9 Å². The van der Waals surface area contributed by atoms with Crippen molar-refractivity contribution in [1.82, 2.24) is 0 Å². The van der Waals surface area contributed by atoms with Crippen LogP contribution < -0.4 is 0 Å². The van der Waals surface area contributed by atoms with Crippen molar-refractivity contribution < 1.29 is 19.1 Å². The van der Waals surface area contributed by atoms with Crippen molar-refractivity contribution in [2.24, 2.45) is 17.3 Å². The van der Waals surface area contributed by atoms with Gasteiger partial charge < -0.3 is 9.47 Å². The second-order valence-corrected chi connectivity index (χ2v) is 7.80. The summed E-state index contributed by atoms with van der Waals surface area (Å²) in [7, 11) is 0. The molecule has 134 valence electrons. The topological polar surface area (TPSA) is 52.6 Å². The van der Waals surface area contributed by atoms with Gasteiger partial charge in [-0.2, -0.15) is 0 Å². The van der Waals surface area contributed by atoms with Gasteiger partial charge in [-0.3, -0.25) is 9.59 Å². The quantitative estimate of drug-likeness (QED) is 0.493. The molecule has 0 amide bonds. The minimum Gasteiger partial charge on any atom is -0.461 e. The SMILES string of the molecule is CC(C)=CCOC(=O)CCCC(=O)OCC1=CCC2CC1C2(C)C. The fraction of sp³-hybridized carbons (Fsp3) is 0.700. The zero-order valence-electron chi connectivity index (χ0n) is 15.4. The van der Waals surface area contributed by atoms with Crippen LogP contribution in [0.3, 0.4) is 0 Å². The molecule has 24 heavy (non-hydrogen) atoms. The van der Waals surface area contributed by atoms with Gasteiger partial charge in [-0.25, -0.2) is 0 Å². The standard InChI is InChI=1S/C20H30O4/c1-14(2)10-11-23-18(21)6-5-7-19(22)24-13-15-8-9-16-12-17(15)20(16,3)4/h8,10,16-17H,5-7,9,11-13H2,1-4H3. The lowest BCUT2D eigenvalue weighted by atomic mass is 9.49. The Labute approximate surface area is 145 Å². The summed E-state index contributed by atoms with van der Waals surface area (Å²) in [6.07, 6.45) is 7.44. The molecule has 1 fully saturated rings. The van der Waals surface area contributed by atoms with Gasteiger partial charge >= 0.3 is 11.9 Å². The smallest absolute Gasteiger partial charge is 0.306 e. The maximum absolute atomic E-state index is 11.8. The molecule has 3 aliphatic rings. The van der Waals surface area contributed by atoms with Gasteiger partial charge in [0.05, 0.1) is 0 Å². The first-order chi connectivity index (χ1) is 11.3. The molecular weight excluding hydrogens is 304 g/mol. The van der Waals surface area contributed by atoms with Gasteiger partial charge in [0.25, 0.3) is 0 Å². The van der Waals surface area contributed by atoms with Crippen LogP contribution >= 0.6 is 0 Å². The molecular formula is C20H30O4. The average Bonchev–Trinajstić information content (AvgIpc) is 2.52. The van der Waals surface area contributed by atoms with E-state index in [9.17, 15) is 9.59 Å². The summed E-state index contributed by atoms with van der Waals surface area (Å²) < 4.78 is 10.5. The van der Waals surface area contributed by atoms with Crippen molar-refractivity contribution in [1.29, 1.82) is 0 Å². The molecule has 0 spiro atoms. The lowest BCUT2D eigenvalue weighted by Crippen LogP contribution is -2.48.